The Morgan fingerprint density at radius 3 is 2.58 bits per heavy atom. The summed E-state index contributed by atoms with van der Waals surface area (Å²) in [6.07, 6.45) is 5.39. The number of carbonyl (C=O) groups is 2. The maximum atomic E-state index is 13.4. The average molecular weight is 483 g/mol. The number of hydrogen-bond donors (Lipinski definition) is 2. The van der Waals surface area contributed by atoms with E-state index in [1.54, 1.807) is 13.2 Å². The molecule has 2 aliphatic rings. The molecule has 0 fully saturated rings. The minimum absolute atomic E-state index is 0.0433. The first kappa shape index (κ1) is 23.7. The summed E-state index contributed by atoms with van der Waals surface area (Å²) in [5.74, 6) is 0.874. The van der Waals surface area contributed by atoms with Crippen molar-refractivity contribution in [1.29, 1.82) is 0 Å². The lowest BCUT2D eigenvalue weighted by molar-refractivity contribution is -0.132. The Morgan fingerprint density at radius 1 is 1.03 bits per heavy atom. The zero-order chi connectivity index (χ0) is 25.2. The third-order valence-electron chi connectivity index (χ3n) is 7.09. The smallest absolute Gasteiger partial charge is 0.308 e. The van der Waals surface area contributed by atoms with Crippen LogP contribution in [-0.4, -0.2) is 19.0 Å². The number of rotatable bonds is 6. The van der Waals surface area contributed by atoms with E-state index in [1.807, 2.05) is 61.5 Å². The maximum Gasteiger partial charge on any atom is 0.308 e. The van der Waals surface area contributed by atoms with E-state index in [1.165, 1.54) is 6.92 Å². The first-order valence-corrected chi connectivity index (χ1v) is 12.2. The fourth-order valence-corrected chi connectivity index (χ4v) is 5.36. The minimum atomic E-state index is -0.397. The standard InChI is InChI=1S/C30H30N2O4/c1-18(20-9-5-4-6-10-20)31-30(34)25-14-8-13-24-22-11-7-12-23(22)28(32-29(24)25)21-15-16-26(36-19(2)33)27(17-21)35-3/h4-11,13-18,22-23,28,32H,12H2,1-3H3,(H,31,34). The van der Waals surface area contributed by atoms with Crippen molar-refractivity contribution in [3.05, 3.63) is 101 Å². The predicted octanol–water partition coefficient (Wildman–Crippen LogP) is 5.94. The van der Waals surface area contributed by atoms with Gasteiger partial charge in [0.15, 0.2) is 11.5 Å². The Morgan fingerprint density at radius 2 is 1.83 bits per heavy atom. The number of carbonyl (C=O) groups excluding carboxylic acids is 2. The summed E-state index contributed by atoms with van der Waals surface area (Å²) < 4.78 is 10.8. The van der Waals surface area contributed by atoms with Gasteiger partial charge in [-0.3, -0.25) is 9.59 Å². The third kappa shape index (κ3) is 4.47. The molecule has 2 N–H and O–H groups in total. The summed E-state index contributed by atoms with van der Waals surface area (Å²) in [7, 11) is 1.56. The number of allylic oxidation sites excluding steroid dienone is 2. The first-order valence-electron chi connectivity index (χ1n) is 12.2. The Labute approximate surface area is 211 Å². The lowest BCUT2D eigenvalue weighted by Crippen LogP contribution is -2.33. The fourth-order valence-electron chi connectivity index (χ4n) is 5.36. The van der Waals surface area contributed by atoms with Crippen molar-refractivity contribution in [3.8, 4) is 11.5 Å². The zero-order valence-electron chi connectivity index (χ0n) is 20.7. The van der Waals surface area contributed by atoms with Crippen LogP contribution in [0.3, 0.4) is 0 Å². The number of benzene rings is 3. The van der Waals surface area contributed by atoms with Crippen LogP contribution in [0.15, 0.2) is 78.9 Å². The van der Waals surface area contributed by atoms with Crippen molar-refractivity contribution in [1.82, 2.24) is 5.32 Å². The lowest BCUT2D eigenvalue weighted by atomic mass is 9.76. The second kappa shape index (κ2) is 9.90. The number of anilines is 1. The van der Waals surface area contributed by atoms with Gasteiger partial charge in [0.2, 0.25) is 0 Å². The normalized spacial score (nSPS) is 20.5. The van der Waals surface area contributed by atoms with Crippen LogP contribution in [-0.2, 0) is 4.79 Å². The number of esters is 1. The van der Waals surface area contributed by atoms with E-state index in [4.69, 9.17) is 9.47 Å². The van der Waals surface area contributed by atoms with Gasteiger partial charge in [-0.25, -0.2) is 0 Å². The Hall–Kier alpha value is -4.06. The molecule has 184 valence electrons. The highest BCUT2D eigenvalue weighted by Gasteiger charge is 2.39. The van der Waals surface area contributed by atoms with Crippen LogP contribution < -0.4 is 20.1 Å². The molecule has 0 saturated heterocycles. The van der Waals surface area contributed by atoms with E-state index in [2.05, 4.69) is 28.9 Å². The average Bonchev–Trinajstić information content (AvgIpc) is 3.38. The van der Waals surface area contributed by atoms with E-state index in [9.17, 15) is 9.59 Å². The second-order valence-corrected chi connectivity index (χ2v) is 9.36. The number of amides is 1. The molecular formula is C30H30N2O4. The number of methoxy groups -OCH3 is 1. The molecule has 6 heteroatoms. The van der Waals surface area contributed by atoms with Gasteiger partial charge in [0, 0.05) is 12.8 Å². The first-order chi connectivity index (χ1) is 17.5. The van der Waals surface area contributed by atoms with Crippen molar-refractivity contribution in [2.24, 2.45) is 5.92 Å². The van der Waals surface area contributed by atoms with Crippen LogP contribution in [0.5, 0.6) is 11.5 Å². The van der Waals surface area contributed by atoms with Crippen LogP contribution in [0.1, 0.15) is 65.3 Å². The van der Waals surface area contributed by atoms with Gasteiger partial charge in [-0.2, -0.15) is 0 Å². The molecular weight excluding hydrogens is 452 g/mol. The summed E-state index contributed by atoms with van der Waals surface area (Å²) >= 11 is 0. The molecule has 0 saturated carbocycles. The quantitative estimate of drug-likeness (QED) is 0.258. The second-order valence-electron chi connectivity index (χ2n) is 9.36. The van der Waals surface area contributed by atoms with Crippen molar-refractivity contribution in [2.75, 3.05) is 12.4 Å². The monoisotopic (exact) mass is 482 g/mol. The molecule has 0 aromatic heterocycles. The van der Waals surface area contributed by atoms with E-state index in [0.29, 0.717) is 23.0 Å². The molecule has 3 aromatic carbocycles. The van der Waals surface area contributed by atoms with Crippen molar-refractivity contribution >= 4 is 17.6 Å². The largest absolute Gasteiger partial charge is 0.493 e. The van der Waals surface area contributed by atoms with Gasteiger partial charge in [0.1, 0.15) is 0 Å². The molecule has 0 radical (unpaired) electrons. The SMILES string of the molecule is COc1cc(C2Nc3c(C(=O)NC(C)c4ccccc4)cccc3C3C=CCC32)ccc1OC(C)=O. The van der Waals surface area contributed by atoms with Crippen LogP contribution in [0, 0.1) is 5.92 Å². The molecule has 1 aliphatic carbocycles. The number of para-hydroxylation sites is 1. The summed E-state index contributed by atoms with van der Waals surface area (Å²) in [4.78, 5) is 24.9. The number of ether oxygens (including phenoxy) is 2. The predicted molar refractivity (Wildman–Crippen MR) is 139 cm³/mol. The molecule has 3 aromatic rings. The summed E-state index contributed by atoms with van der Waals surface area (Å²) in [5, 5.41) is 6.85. The highest BCUT2D eigenvalue weighted by Crippen LogP contribution is 2.51. The maximum absolute atomic E-state index is 13.4. The van der Waals surface area contributed by atoms with Crippen LogP contribution in [0.25, 0.3) is 0 Å². The van der Waals surface area contributed by atoms with Gasteiger partial charge in [0.05, 0.1) is 30.4 Å². The van der Waals surface area contributed by atoms with Gasteiger partial charge in [-0.05, 0) is 54.2 Å². The molecule has 4 unspecified atom stereocenters. The van der Waals surface area contributed by atoms with Gasteiger partial charge in [-0.15, -0.1) is 0 Å². The van der Waals surface area contributed by atoms with Crippen LogP contribution in [0.4, 0.5) is 5.69 Å². The molecule has 1 amide bonds. The zero-order valence-corrected chi connectivity index (χ0v) is 20.7. The number of fused-ring (bicyclic) bond motifs is 3. The summed E-state index contributed by atoms with van der Waals surface area (Å²) in [6, 6.07) is 21.4. The van der Waals surface area contributed by atoms with E-state index in [0.717, 1.165) is 28.8 Å². The Balaban J connectivity index is 1.48. The fraction of sp³-hybridized carbons (Fsp3) is 0.267. The van der Waals surface area contributed by atoms with E-state index < -0.39 is 5.97 Å². The van der Waals surface area contributed by atoms with Gasteiger partial charge >= 0.3 is 5.97 Å². The van der Waals surface area contributed by atoms with Crippen molar-refractivity contribution in [2.45, 2.75) is 38.3 Å². The van der Waals surface area contributed by atoms with Crippen molar-refractivity contribution < 1.29 is 19.1 Å². The molecule has 1 heterocycles. The highest BCUT2D eigenvalue weighted by molar-refractivity contribution is 6.01. The number of nitrogens with one attached hydrogen (secondary N) is 2. The van der Waals surface area contributed by atoms with Crippen molar-refractivity contribution in [3.63, 3.8) is 0 Å². The Bertz CT molecular complexity index is 1320. The summed E-state index contributed by atoms with van der Waals surface area (Å²) in [5.41, 5.74) is 4.69. The highest BCUT2D eigenvalue weighted by atomic mass is 16.6. The molecule has 5 rings (SSSR count). The molecule has 1 aliphatic heterocycles. The minimum Gasteiger partial charge on any atom is -0.493 e. The number of hydrogen-bond acceptors (Lipinski definition) is 5. The molecule has 0 bridgehead atoms. The Kier molecular flexibility index (Phi) is 6.51. The van der Waals surface area contributed by atoms with E-state index >= 15 is 0 Å². The third-order valence-corrected chi connectivity index (χ3v) is 7.09. The summed E-state index contributed by atoms with van der Waals surface area (Å²) in [6.45, 7) is 3.36. The van der Waals surface area contributed by atoms with Gasteiger partial charge < -0.3 is 20.1 Å². The van der Waals surface area contributed by atoms with Gasteiger partial charge in [0.25, 0.3) is 5.91 Å². The molecule has 6 nitrogen and oxygen atoms in total. The van der Waals surface area contributed by atoms with Crippen LogP contribution >= 0.6 is 0 Å². The van der Waals surface area contributed by atoms with Crippen LogP contribution in [0.2, 0.25) is 0 Å². The topological polar surface area (TPSA) is 76.7 Å². The van der Waals surface area contributed by atoms with E-state index in [-0.39, 0.29) is 23.9 Å². The molecule has 36 heavy (non-hydrogen) atoms. The molecule has 0 spiro atoms. The lowest BCUT2D eigenvalue weighted by Gasteiger charge is -2.38. The van der Waals surface area contributed by atoms with Gasteiger partial charge in [-0.1, -0.05) is 60.7 Å². The molecule has 4 atom stereocenters.